The standard InChI is InChI=1S/C15H28N2O4/c1-10(2)12-8-17(14(20)21-15(4,5)6)11(3)7-16(12)9-13(18)19/h10-12H,7-9H2,1-6H3,(H,18,19)/t11-,12-/m1/s1. The quantitative estimate of drug-likeness (QED) is 0.863. The highest BCUT2D eigenvalue weighted by Crippen LogP contribution is 2.22. The second kappa shape index (κ2) is 6.64. The van der Waals surface area contributed by atoms with Crippen LogP contribution in [-0.2, 0) is 9.53 Å². The summed E-state index contributed by atoms with van der Waals surface area (Å²) in [5, 5.41) is 9.03. The predicted octanol–water partition coefficient (Wildman–Crippen LogP) is 2.04. The van der Waals surface area contributed by atoms with E-state index in [1.807, 2.05) is 46.4 Å². The molecule has 1 rings (SSSR count). The summed E-state index contributed by atoms with van der Waals surface area (Å²) in [6.45, 7) is 12.6. The SMILES string of the molecule is CC(C)[C@H]1CN(C(=O)OC(C)(C)C)[C@H](C)CN1CC(=O)O. The lowest BCUT2D eigenvalue weighted by molar-refractivity contribution is -0.140. The van der Waals surface area contributed by atoms with Crippen molar-refractivity contribution in [1.82, 2.24) is 9.80 Å². The molecular weight excluding hydrogens is 272 g/mol. The van der Waals surface area contributed by atoms with Gasteiger partial charge in [-0.05, 0) is 33.6 Å². The van der Waals surface area contributed by atoms with Gasteiger partial charge in [-0.3, -0.25) is 9.69 Å². The first-order valence-electron chi connectivity index (χ1n) is 7.46. The van der Waals surface area contributed by atoms with E-state index in [2.05, 4.69) is 0 Å². The van der Waals surface area contributed by atoms with Gasteiger partial charge < -0.3 is 14.7 Å². The average Bonchev–Trinajstić information content (AvgIpc) is 2.24. The molecule has 1 heterocycles. The van der Waals surface area contributed by atoms with Crippen molar-refractivity contribution in [2.24, 2.45) is 5.92 Å². The van der Waals surface area contributed by atoms with Crippen LogP contribution in [0.5, 0.6) is 0 Å². The van der Waals surface area contributed by atoms with Gasteiger partial charge in [0.05, 0.1) is 6.54 Å². The summed E-state index contributed by atoms with van der Waals surface area (Å²) in [6.07, 6.45) is -0.323. The van der Waals surface area contributed by atoms with E-state index in [-0.39, 0.29) is 30.6 Å². The van der Waals surface area contributed by atoms with Gasteiger partial charge in [0.1, 0.15) is 5.60 Å². The van der Waals surface area contributed by atoms with Crippen molar-refractivity contribution in [2.75, 3.05) is 19.6 Å². The van der Waals surface area contributed by atoms with E-state index in [1.54, 1.807) is 4.90 Å². The highest BCUT2D eigenvalue weighted by molar-refractivity contribution is 5.70. The van der Waals surface area contributed by atoms with Crippen molar-refractivity contribution in [3.05, 3.63) is 0 Å². The molecule has 0 saturated carbocycles. The first-order chi connectivity index (χ1) is 9.51. The number of aliphatic carboxylic acids is 1. The number of carboxylic acids is 1. The number of piperazine rings is 1. The van der Waals surface area contributed by atoms with Crippen LogP contribution >= 0.6 is 0 Å². The third-order valence-corrected chi connectivity index (χ3v) is 3.62. The largest absolute Gasteiger partial charge is 0.480 e. The monoisotopic (exact) mass is 300 g/mol. The maximum atomic E-state index is 12.3. The highest BCUT2D eigenvalue weighted by atomic mass is 16.6. The number of amides is 1. The molecule has 0 spiro atoms. The average molecular weight is 300 g/mol. The molecule has 1 aliphatic heterocycles. The van der Waals surface area contributed by atoms with E-state index >= 15 is 0 Å². The second-order valence-corrected chi connectivity index (χ2v) is 7.12. The zero-order chi connectivity index (χ0) is 16.4. The minimum Gasteiger partial charge on any atom is -0.480 e. The van der Waals surface area contributed by atoms with Crippen molar-refractivity contribution in [3.63, 3.8) is 0 Å². The Morgan fingerprint density at radius 3 is 2.29 bits per heavy atom. The first kappa shape index (κ1) is 17.8. The van der Waals surface area contributed by atoms with Crippen LogP contribution in [-0.4, -0.2) is 64.3 Å². The van der Waals surface area contributed by atoms with Gasteiger partial charge in [0.15, 0.2) is 0 Å². The molecular formula is C15H28N2O4. The molecule has 0 aromatic rings. The zero-order valence-corrected chi connectivity index (χ0v) is 13.9. The molecule has 1 N–H and O–H groups in total. The van der Waals surface area contributed by atoms with E-state index < -0.39 is 11.6 Å². The summed E-state index contributed by atoms with van der Waals surface area (Å²) in [4.78, 5) is 26.9. The Kier molecular flexibility index (Phi) is 5.61. The summed E-state index contributed by atoms with van der Waals surface area (Å²) in [5.41, 5.74) is -0.525. The van der Waals surface area contributed by atoms with E-state index in [1.165, 1.54) is 0 Å². The van der Waals surface area contributed by atoms with Crippen LogP contribution in [0.1, 0.15) is 41.5 Å². The van der Waals surface area contributed by atoms with Crippen LogP contribution in [0.2, 0.25) is 0 Å². The summed E-state index contributed by atoms with van der Waals surface area (Å²) < 4.78 is 5.44. The Morgan fingerprint density at radius 1 is 1.29 bits per heavy atom. The van der Waals surface area contributed by atoms with Crippen molar-refractivity contribution in [1.29, 1.82) is 0 Å². The van der Waals surface area contributed by atoms with Gasteiger partial charge in [-0.1, -0.05) is 13.8 Å². The molecule has 1 saturated heterocycles. The van der Waals surface area contributed by atoms with Gasteiger partial charge >= 0.3 is 12.1 Å². The van der Waals surface area contributed by atoms with E-state index in [0.29, 0.717) is 13.1 Å². The Hall–Kier alpha value is -1.30. The number of carbonyl (C=O) groups is 2. The van der Waals surface area contributed by atoms with Crippen LogP contribution in [0.25, 0.3) is 0 Å². The minimum atomic E-state index is -0.835. The number of nitrogens with zero attached hydrogens (tertiary/aromatic N) is 2. The van der Waals surface area contributed by atoms with Crippen LogP contribution in [0.3, 0.4) is 0 Å². The van der Waals surface area contributed by atoms with Crippen LogP contribution in [0, 0.1) is 5.92 Å². The number of hydrogen-bond donors (Lipinski definition) is 1. The topological polar surface area (TPSA) is 70.1 Å². The second-order valence-electron chi connectivity index (χ2n) is 7.12. The van der Waals surface area contributed by atoms with Crippen LogP contribution < -0.4 is 0 Å². The van der Waals surface area contributed by atoms with Crippen molar-refractivity contribution >= 4 is 12.1 Å². The molecule has 0 unspecified atom stereocenters. The summed E-state index contributed by atoms with van der Waals surface area (Å²) in [7, 11) is 0. The van der Waals surface area contributed by atoms with Crippen molar-refractivity contribution in [2.45, 2.75) is 59.2 Å². The van der Waals surface area contributed by atoms with Gasteiger partial charge in [-0.25, -0.2) is 4.79 Å². The fourth-order valence-electron chi connectivity index (χ4n) is 2.63. The normalized spacial score (nSPS) is 24.2. The summed E-state index contributed by atoms with van der Waals surface area (Å²) in [5.74, 6) is -0.569. The molecule has 1 fully saturated rings. The van der Waals surface area contributed by atoms with Gasteiger partial charge in [0.2, 0.25) is 0 Å². The molecule has 21 heavy (non-hydrogen) atoms. The molecule has 1 aliphatic rings. The molecule has 1 amide bonds. The van der Waals surface area contributed by atoms with Gasteiger partial charge in [-0.15, -0.1) is 0 Å². The summed E-state index contributed by atoms with van der Waals surface area (Å²) >= 11 is 0. The number of carbonyl (C=O) groups excluding carboxylic acids is 1. The van der Waals surface area contributed by atoms with Crippen LogP contribution in [0.4, 0.5) is 4.79 Å². The lowest BCUT2D eigenvalue weighted by Gasteiger charge is -2.46. The molecule has 6 heteroatoms. The van der Waals surface area contributed by atoms with Gasteiger partial charge in [0.25, 0.3) is 0 Å². The smallest absolute Gasteiger partial charge is 0.410 e. The third-order valence-electron chi connectivity index (χ3n) is 3.62. The molecule has 0 aromatic carbocycles. The fraction of sp³-hybridized carbons (Fsp3) is 0.867. The minimum absolute atomic E-state index is 0.00927. The first-order valence-corrected chi connectivity index (χ1v) is 7.46. The third kappa shape index (κ3) is 5.19. The number of rotatable bonds is 3. The number of carboxylic acid groups (broad SMARTS) is 1. The molecule has 6 nitrogen and oxygen atoms in total. The van der Waals surface area contributed by atoms with Gasteiger partial charge in [0, 0.05) is 25.2 Å². The van der Waals surface area contributed by atoms with E-state index in [4.69, 9.17) is 9.84 Å². The molecule has 2 atom stereocenters. The summed E-state index contributed by atoms with van der Waals surface area (Å²) in [6, 6.07) is -0.0287. The maximum absolute atomic E-state index is 12.3. The Bertz CT molecular complexity index is 390. The molecule has 122 valence electrons. The maximum Gasteiger partial charge on any atom is 0.410 e. The van der Waals surface area contributed by atoms with Crippen LogP contribution in [0.15, 0.2) is 0 Å². The fourth-order valence-corrected chi connectivity index (χ4v) is 2.63. The van der Waals surface area contributed by atoms with Crippen molar-refractivity contribution in [3.8, 4) is 0 Å². The van der Waals surface area contributed by atoms with Crippen molar-refractivity contribution < 1.29 is 19.4 Å². The Labute approximate surface area is 127 Å². The molecule has 0 bridgehead atoms. The highest BCUT2D eigenvalue weighted by Gasteiger charge is 2.37. The Balaban J connectivity index is 2.82. The molecule has 0 radical (unpaired) electrons. The molecule has 0 aromatic heterocycles. The molecule has 0 aliphatic carbocycles. The van der Waals surface area contributed by atoms with Gasteiger partial charge in [-0.2, -0.15) is 0 Å². The van der Waals surface area contributed by atoms with E-state index in [9.17, 15) is 9.59 Å². The zero-order valence-electron chi connectivity index (χ0n) is 13.9. The lowest BCUT2D eigenvalue weighted by Crippen LogP contribution is -2.61. The van der Waals surface area contributed by atoms with E-state index in [0.717, 1.165) is 0 Å². The number of hydrogen-bond acceptors (Lipinski definition) is 4. The number of ether oxygens (including phenoxy) is 1. The Morgan fingerprint density at radius 2 is 1.86 bits per heavy atom. The lowest BCUT2D eigenvalue weighted by atomic mass is 9.97. The predicted molar refractivity (Wildman–Crippen MR) is 80.2 cm³/mol.